The van der Waals surface area contributed by atoms with Crippen molar-refractivity contribution in [3.63, 3.8) is 0 Å². The quantitative estimate of drug-likeness (QED) is 0.757. The Morgan fingerprint density at radius 1 is 0.957 bits per heavy atom. The molecule has 0 aliphatic rings. The second kappa shape index (κ2) is 5.73. The zero-order valence-electron chi connectivity index (χ0n) is 12.0. The summed E-state index contributed by atoms with van der Waals surface area (Å²) in [5.41, 5.74) is 13.2. The summed E-state index contributed by atoms with van der Waals surface area (Å²) in [6.45, 7) is 0. The van der Waals surface area contributed by atoms with E-state index in [0.717, 1.165) is 5.56 Å². The molecule has 0 aliphatic heterocycles. The lowest BCUT2D eigenvalue weighted by atomic mass is 10.0. The molecule has 0 bridgehead atoms. The molecule has 0 unspecified atom stereocenters. The van der Waals surface area contributed by atoms with Gasteiger partial charge in [-0.15, -0.1) is 0 Å². The number of hydrogen-bond donors (Lipinski definition) is 2. The van der Waals surface area contributed by atoms with E-state index in [1.807, 2.05) is 36.4 Å². The van der Waals surface area contributed by atoms with Crippen LogP contribution in [0.3, 0.4) is 0 Å². The molecule has 6 heteroatoms. The molecular weight excluding hydrogens is 293 g/mol. The smallest absolute Gasteiger partial charge is 0.222 e. The van der Waals surface area contributed by atoms with Crippen LogP contribution in [0.5, 0.6) is 0 Å². The van der Waals surface area contributed by atoms with Crippen molar-refractivity contribution < 1.29 is 4.39 Å². The van der Waals surface area contributed by atoms with Crippen molar-refractivity contribution >= 4 is 11.8 Å². The Morgan fingerprint density at radius 3 is 2.35 bits per heavy atom. The zero-order chi connectivity index (χ0) is 16.4. The van der Waals surface area contributed by atoms with Crippen molar-refractivity contribution in [3.05, 3.63) is 59.9 Å². The van der Waals surface area contributed by atoms with Gasteiger partial charge in [0.15, 0.2) is 0 Å². The van der Waals surface area contributed by atoms with Crippen LogP contribution in [-0.2, 0) is 0 Å². The number of nitrogens with zero attached hydrogens (tertiary/aromatic N) is 3. The number of nitrogen functional groups attached to an aromatic ring is 2. The standard InChI is InChI=1S/C17H12FN5/c18-14-8-11(6-7-12(14)10-4-2-1-3-5-10)15-13(9-19)16(20)23-17(21)22-15/h1-8H,(H4,20,21,22,23). The molecule has 0 radical (unpaired) electrons. The summed E-state index contributed by atoms with van der Waals surface area (Å²) < 4.78 is 14.5. The number of nitriles is 1. The largest absolute Gasteiger partial charge is 0.382 e. The first-order valence-corrected chi connectivity index (χ1v) is 6.78. The summed E-state index contributed by atoms with van der Waals surface area (Å²) in [7, 11) is 0. The van der Waals surface area contributed by atoms with Gasteiger partial charge < -0.3 is 11.5 Å². The van der Waals surface area contributed by atoms with Gasteiger partial charge in [-0.3, -0.25) is 0 Å². The molecule has 3 aromatic rings. The van der Waals surface area contributed by atoms with Crippen molar-refractivity contribution in [1.29, 1.82) is 5.26 Å². The predicted molar refractivity (Wildman–Crippen MR) is 86.4 cm³/mol. The van der Waals surface area contributed by atoms with Crippen LogP contribution in [-0.4, -0.2) is 9.97 Å². The number of nitrogens with two attached hydrogens (primary N) is 2. The summed E-state index contributed by atoms with van der Waals surface area (Å²) in [6.07, 6.45) is 0. The number of anilines is 2. The number of halogens is 1. The van der Waals surface area contributed by atoms with Crippen molar-refractivity contribution in [2.24, 2.45) is 0 Å². The molecule has 1 heterocycles. The third kappa shape index (κ3) is 2.68. The Labute approximate surface area is 132 Å². The van der Waals surface area contributed by atoms with Crippen LogP contribution in [0.1, 0.15) is 5.56 Å². The van der Waals surface area contributed by atoms with E-state index in [0.29, 0.717) is 11.1 Å². The Hall–Kier alpha value is -3.46. The van der Waals surface area contributed by atoms with Gasteiger partial charge in [0.05, 0.1) is 5.69 Å². The Balaban J connectivity index is 2.14. The van der Waals surface area contributed by atoms with Crippen molar-refractivity contribution in [2.75, 3.05) is 11.5 Å². The molecule has 0 saturated carbocycles. The fraction of sp³-hybridized carbons (Fsp3) is 0. The highest BCUT2D eigenvalue weighted by Gasteiger charge is 2.15. The van der Waals surface area contributed by atoms with Crippen molar-refractivity contribution in [1.82, 2.24) is 9.97 Å². The van der Waals surface area contributed by atoms with Gasteiger partial charge in [0.2, 0.25) is 5.95 Å². The van der Waals surface area contributed by atoms with Gasteiger partial charge in [-0.05, 0) is 11.6 Å². The van der Waals surface area contributed by atoms with E-state index in [-0.39, 0.29) is 23.0 Å². The van der Waals surface area contributed by atoms with Crippen molar-refractivity contribution in [2.45, 2.75) is 0 Å². The van der Waals surface area contributed by atoms with E-state index in [9.17, 15) is 9.65 Å². The molecule has 0 spiro atoms. The lowest BCUT2D eigenvalue weighted by Crippen LogP contribution is -2.05. The van der Waals surface area contributed by atoms with Gasteiger partial charge in [0.1, 0.15) is 23.3 Å². The molecule has 3 rings (SSSR count). The molecule has 1 aromatic heterocycles. The van der Waals surface area contributed by atoms with Gasteiger partial charge in [0, 0.05) is 11.1 Å². The van der Waals surface area contributed by atoms with Crippen LogP contribution < -0.4 is 11.5 Å². The Morgan fingerprint density at radius 2 is 1.70 bits per heavy atom. The minimum absolute atomic E-state index is 0.0254. The van der Waals surface area contributed by atoms with Gasteiger partial charge in [-0.25, -0.2) is 9.37 Å². The average molecular weight is 305 g/mol. The first-order chi connectivity index (χ1) is 11.1. The van der Waals surface area contributed by atoms with Gasteiger partial charge >= 0.3 is 0 Å². The maximum Gasteiger partial charge on any atom is 0.222 e. The fourth-order valence-corrected chi connectivity index (χ4v) is 2.33. The van der Waals surface area contributed by atoms with Gasteiger partial charge in [-0.2, -0.15) is 10.2 Å². The number of hydrogen-bond acceptors (Lipinski definition) is 5. The fourth-order valence-electron chi connectivity index (χ4n) is 2.33. The molecule has 2 aromatic carbocycles. The van der Waals surface area contributed by atoms with Crippen LogP contribution in [0.2, 0.25) is 0 Å². The van der Waals surface area contributed by atoms with E-state index < -0.39 is 5.82 Å². The monoisotopic (exact) mass is 305 g/mol. The second-order valence-corrected chi connectivity index (χ2v) is 4.86. The van der Waals surface area contributed by atoms with Gasteiger partial charge in [0.25, 0.3) is 0 Å². The molecule has 0 amide bonds. The number of rotatable bonds is 2. The molecule has 0 fully saturated rings. The minimum Gasteiger partial charge on any atom is -0.382 e. The first kappa shape index (κ1) is 14.5. The van der Waals surface area contributed by atoms with Crippen LogP contribution in [0.15, 0.2) is 48.5 Å². The third-order valence-corrected chi connectivity index (χ3v) is 3.39. The third-order valence-electron chi connectivity index (χ3n) is 3.39. The Bertz CT molecular complexity index is 916. The second-order valence-electron chi connectivity index (χ2n) is 4.86. The maximum absolute atomic E-state index is 14.5. The summed E-state index contributed by atoms with van der Waals surface area (Å²) in [5, 5.41) is 9.21. The summed E-state index contributed by atoms with van der Waals surface area (Å²) in [4.78, 5) is 7.76. The highest BCUT2D eigenvalue weighted by molar-refractivity contribution is 5.75. The summed E-state index contributed by atoms with van der Waals surface area (Å²) in [6, 6.07) is 15.7. The van der Waals surface area contributed by atoms with E-state index in [1.54, 1.807) is 12.1 Å². The summed E-state index contributed by atoms with van der Waals surface area (Å²) in [5.74, 6) is -0.514. The predicted octanol–water partition coefficient (Wildman–Crippen LogP) is 2.99. The molecule has 0 saturated heterocycles. The van der Waals surface area contributed by atoms with E-state index in [1.165, 1.54) is 6.07 Å². The first-order valence-electron chi connectivity index (χ1n) is 6.78. The Kier molecular flexibility index (Phi) is 3.61. The lowest BCUT2D eigenvalue weighted by Gasteiger charge is -2.09. The van der Waals surface area contributed by atoms with E-state index in [4.69, 9.17) is 11.5 Å². The molecule has 4 N–H and O–H groups in total. The van der Waals surface area contributed by atoms with Crippen LogP contribution in [0.4, 0.5) is 16.2 Å². The minimum atomic E-state index is -0.423. The zero-order valence-corrected chi connectivity index (χ0v) is 12.0. The van der Waals surface area contributed by atoms with Crippen LogP contribution >= 0.6 is 0 Å². The number of benzene rings is 2. The van der Waals surface area contributed by atoms with Crippen LogP contribution in [0.25, 0.3) is 22.4 Å². The lowest BCUT2D eigenvalue weighted by molar-refractivity contribution is 0.631. The number of aromatic nitrogens is 2. The van der Waals surface area contributed by atoms with E-state index in [2.05, 4.69) is 9.97 Å². The molecule has 0 atom stereocenters. The topological polar surface area (TPSA) is 102 Å². The highest BCUT2D eigenvalue weighted by atomic mass is 19.1. The molecular formula is C17H12FN5. The molecule has 112 valence electrons. The van der Waals surface area contributed by atoms with E-state index >= 15 is 0 Å². The normalized spacial score (nSPS) is 10.3. The van der Waals surface area contributed by atoms with Crippen molar-refractivity contribution in [3.8, 4) is 28.5 Å². The van der Waals surface area contributed by atoms with Crippen LogP contribution in [0, 0.1) is 17.1 Å². The van der Waals surface area contributed by atoms with Gasteiger partial charge in [-0.1, -0.05) is 42.5 Å². The maximum atomic E-state index is 14.5. The molecule has 23 heavy (non-hydrogen) atoms. The molecule has 0 aliphatic carbocycles. The molecule has 5 nitrogen and oxygen atoms in total. The SMILES string of the molecule is N#Cc1c(N)nc(N)nc1-c1ccc(-c2ccccc2)c(F)c1. The highest BCUT2D eigenvalue weighted by Crippen LogP contribution is 2.30. The summed E-state index contributed by atoms with van der Waals surface area (Å²) >= 11 is 0. The average Bonchev–Trinajstić information content (AvgIpc) is 2.55.